The second-order valence-electron chi connectivity index (χ2n) is 9.95. The van der Waals surface area contributed by atoms with Gasteiger partial charge in [-0.15, -0.1) is 0 Å². The number of hydrogen-bond donors (Lipinski definition) is 6. The van der Waals surface area contributed by atoms with Crippen molar-refractivity contribution in [3.63, 3.8) is 0 Å². The van der Waals surface area contributed by atoms with Gasteiger partial charge in [0.15, 0.2) is 6.29 Å². The monoisotopic (exact) mass is 463 g/mol. The van der Waals surface area contributed by atoms with Crippen LogP contribution in [-0.4, -0.2) is 119 Å². The van der Waals surface area contributed by atoms with E-state index in [1.165, 1.54) is 0 Å². The second kappa shape index (κ2) is 11.8. The maximum absolute atomic E-state index is 10.9. The number of ether oxygens (including phenoxy) is 3. The topological polar surface area (TPSA) is 152 Å². The largest absolute Gasteiger partial charge is 0.396 e. The molecule has 3 aliphatic heterocycles. The smallest absolute Gasteiger partial charge is 0.163 e. The normalized spacial score (nSPS) is 43.8. The fraction of sp³-hybridized carbons (Fsp3) is 1.00. The highest BCUT2D eigenvalue weighted by Gasteiger charge is 2.50. The SMILES string of the molecule is CC(C)CC1CCN(C2OC(CO)C(O[C@@H]3OCC(CO)C(CO)C3CO)C(O)C2O)C1. The van der Waals surface area contributed by atoms with Gasteiger partial charge >= 0.3 is 0 Å². The molecule has 3 fully saturated rings. The molecular weight excluding hydrogens is 422 g/mol. The van der Waals surface area contributed by atoms with Crippen molar-refractivity contribution in [3.8, 4) is 0 Å². The lowest BCUT2D eigenvalue weighted by molar-refractivity contribution is -0.324. The van der Waals surface area contributed by atoms with Gasteiger partial charge in [-0.2, -0.15) is 0 Å². The summed E-state index contributed by atoms with van der Waals surface area (Å²) in [5.41, 5.74) is 0. The quantitative estimate of drug-likeness (QED) is 0.235. The first-order valence-electron chi connectivity index (χ1n) is 11.8. The van der Waals surface area contributed by atoms with Crippen LogP contribution in [0.2, 0.25) is 0 Å². The van der Waals surface area contributed by atoms with Gasteiger partial charge in [-0.3, -0.25) is 4.90 Å². The van der Waals surface area contributed by atoms with Gasteiger partial charge in [0.25, 0.3) is 0 Å². The summed E-state index contributed by atoms with van der Waals surface area (Å²) in [5, 5.41) is 60.8. The van der Waals surface area contributed by atoms with Crippen molar-refractivity contribution in [3.05, 3.63) is 0 Å². The van der Waals surface area contributed by atoms with Crippen molar-refractivity contribution < 1.29 is 44.8 Å². The van der Waals surface area contributed by atoms with E-state index >= 15 is 0 Å². The minimum absolute atomic E-state index is 0.118. The van der Waals surface area contributed by atoms with Crippen LogP contribution in [0.3, 0.4) is 0 Å². The Morgan fingerprint density at radius 3 is 2.28 bits per heavy atom. The minimum Gasteiger partial charge on any atom is -0.396 e. The molecule has 188 valence electrons. The molecular formula is C22H41NO9. The van der Waals surface area contributed by atoms with Gasteiger partial charge in [-0.1, -0.05) is 13.8 Å². The van der Waals surface area contributed by atoms with Gasteiger partial charge in [-0.05, 0) is 30.6 Å². The van der Waals surface area contributed by atoms with Crippen molar-refractivity contribution in [2.75, 3.05) is 46.1 Å². The number of hydrogen-bond acceptors (Lipinski definition) is 10. The van der Waals surface area contributed by atoms with Crippen LogP contribution in [-0.2, 0) is 14.2 Å². The molecule has 0 amide bonds. The van der Waals surface area contributed by atoms with Gasteiger partial charge in [0.05, 0.1) is 19.8 Å². The van der Waals surface area contributed by atoms with Gasteiger partial charge in [0.1, 0.15) is 30.6 Å². The van der Waals surface area contributed by atoms with E-state index in [0.717, 1.165) is 25.9 Å². The molecule has 0 aromatic heterocycles. The molecule has 3 rings (SSSR count). The first-order chi connectivity index (χ1) is 15.3. The van der Waals surface area contributed by atoms with Crippen LogP contribution in [0.25, 0.3) is 0 Å². The summed E-state index contributed by atoms with van der Waals surface area (Å²) < 4.78 is 17.6. The summed E-state index contributed by atoms with van der Waals surface area (Å²) in [7, 11) is 0. The lowest BCUT2D eigenvalue weighted by atomic mass is 9.80. The third-order valence-electron chi connectivity index (χ3n) is 7.25. The van der Waals surface area contributed by atoms with E-state index in [4.69, 9.17) is 14.2 Å². The Labute approximate surface area is 189 Å². The Kier molecular flexibility index (Phi) is 9.69. The van der Waals surface area contributed by atoms with Crippen molar-refractivity contribution >= 4 is 0 Å². The summed E-state index contributed by atoms with van der Waals surface area (Å²) in [6, 6.07) is 0. The highest BCUT2D eigenvalue weighted by atomic mass is 16.7. The molecule has 9 unspecified atom stereocenters. The van der Waals surface area contributed by atoms with E-state index in [1.807, 2.05) is 4.90 Å². The molecule has 10 atom stereocenters. The molecule has 10 nitrogen and oxygen atoms in total. The van der Waals surface area contributed by atoms with Crippen LogP contribution in [0.5, 0.6) is 0 Å². The third-order valence-corrected chi connectivity index (χ3v) is 7.25. The van der Waals surface area contributed by atoms with Crippen molar-refractivity contribution in [2.24, 2.45) is 29.6 Å². The van der Waals surface area contributed by atoms with Gasteiger partial charge in [0, 0.05) is 38.1 Å². The van der Waals surface area contributed by atoms with E-state index in [2.05, 4.69) is 13.8 Å². The Morgan fingerprint density at radius 2 is 1.69 bits per heavy atom. The number of rotatable bonds is 9. The molecule has 0 aromatic carbocycles. The van der Waals surface area contributed by atoms with Crippen molar-refractivity contribution in [1.29, 1.82) is 0 Å². The van der Waals surface area contributed by atoms with Crippen LogP contribution in [0.1, 0.15) is 26.7 Å². The lowest BCUT2D eigenvalue weighted by Gasteiger charge is -2.48. The van der Waals surface area contributed by atoms with Crippen LogP contribution in [0.15, 0.2) is 0 Å². The van der Waals surface area contributed by atoms with Gasteiger partial charge in [-0.25, -0.2) is 0 Å². The Hall–Kier alpha value is -0.400. The summed E-state index contributed by atoms with van der Waals surface area (Å²) in [6.07, 6.45) is -4.20. The Bertz CT molecular complexity index is 566. The van der Waals surface area contributed by atoms with E-state index in [9.17, 15) is 30.6 Å². The lowest BCUT2D eigenvalue weighted by Crippen LogP contribution is -2.64. The fourth-order valence-electron chi connectivity index (χ4n) is 5.50. The number of likely N-dealkylation sites (tertiary alicyclic amines) is 1. The highest BCUT2D eigenvalue weighted by molar-refractivity contribution is 4.96. The first kappa shape index (κ1) is 26.2. The zero-order valence-corrected chi connectivity index (χ0v) is 19.1. The van der Waals surface area contributed by atoms with E-state index < -0.39 is 55.4 Å². The molecule has 10 heteroatoms. The first-order valence-corrected chi connectivity index (χ1v) is 11.8. The van der Waals surface area contributed by atoms with Crippen molar-refractivity contribution in [2.45, 2.75) is 63.6 Å². The summed E-state index contributed by atoms with van der Waals surface area (Å²) in [5.74, 6) is -0.350. The standard InChI is InChI=1S/C22H41NO9/c1-12(2)5-13-3-4-23(6-13)21-19(29)18(28)20(17(10-27)31-21)32-22-16(9-26)15(8-25)14(7-24)11-30-22/h12-22,24-29H,3-11H2,1-2H3/t13?,14?,15?,16?,17?,18?,19?,20?,21?,22-/m0/s1. The summed E-state index contributed by atoms with van der Waals surface area (Å²) in [4.78, 5) is 2.01. The average Bonchev–Trinajstić information content (AvgIpc) is 3.23. The fourth-order valence-corrected chi connectivity index (χ4v) is 5.50. The van der Waals surface area contributed by atoms with Crippen LogP contribution in [0.4, 0.5) is 0 Å². The molecule has 0 spiro atoms. The van der Waals surface area contributed by atoms with Crippen LogP contribution < -0.4 is 0 Å². The zero-order valence-electron chi connectivity index (χ0n) is 19.1. The predicted molar refractivity (Wildman–Crippen MR) is 113 cm³/mol. The summed E-state index contributed by atoms with van der Waals surface area (Å²) in [6.45, 7) is 4.75. The van der Waals surface area contributed by atoms with E-state index in [0.29, 0.717) is 11.8 Å². The Balaban J connectivity index is 1.67. The maximum Gasteiger partial charge on any atom is 0.163 e. The van der Waals surface area contributed by atoms with E-state index in [-0.39, 0.29) is 32.3 Å². The molecule has 0 saturated carbocycles. The maximum atomic E-state index is 10.9. The molecule has 0 bridgehead atoms. The Morgan fingerprint density at radius 1 is 0.969 bits per heavy atom. The molecule has 6 N–H and O–H groups in total. The molecule has 3 aliphatic rings. The predicted octanol–water partition coefficient (Wildman–Crippen LogP) is -1.64. The molecule has 0 aliphatic carbocycles. The molecule has 3 heterocycles. The van der Waals surface area contributed by atoms with Gasteiger partial charge < -0.3 is 44.8 Å². The molecule has 3 saturated heterocycles. The third kappa shape index (κ3) is 5.63. The minimum atomic E-state index is -1.33. The second-order valence-corrected chi connectivity index (χ2v) is 9.95. The molecule has 32 heavy (non-hydrogen) atoms. The van der Waals surface area contributed by atoms with E-state index in [1.54, 1.807) is 0 Å². The number of aliphatic hydroxyl groups is 6. The van der Waals surface area contributed by atoms with Crippen LogP contribution in [0, 0.1) is 29.6 Å². The number of aliphatic hydroxyl groups excluding tert-OH is 6. The van der Waals surface area contributed by atoms with Gasteiger partial charge in [0.2, 0.25) is 0 Å². The van der Waals surface area contributed by atoms with Crippen LogP contribution >= 0.6 is 0 Å². The zero-order chi connectivity index (χ0) is 23.4. The highest BCUT2D eigenvalue weighted by Crippen LogP contribution is 2.36. The molecule has 0 aromatic rings. The molecule has 0 radical (unpaired) electrons. The number of nitrogens with zero attached hydrogens (tertiary/aromatic N) is 1. The average molecular weight is 464 g/mol. The summed E-state index contributed by atoms with van der Waals surface area (Å²) >= 11 is 0. The van der Waals surface area contributed by atoms with Crippen molar-refractivity contribution in [1.82, 2.24) is 4.90 Å².